The molecular weight excluding hydrogens is 478 g/mol. The van der Waals surface area contributed by atoms with E-state index in [2.05, 4.69) is 5.32 Å². The molecule has 3 aromatic rings. The Morgan fingerprint density at radius 2 is 1.47 bits per heavy atom. The fourth-order valence-corrected chi connectivity index (χ4v) is 4.94. The van der Waals surface area contributed by atoms with Gasteiger partial charge in [-0.05, 0) is 67.3 Å². The normalized spacial score (nSPS) is 16.1. The summed E-state index contributed by atoms with van der Waals surface area (Å²) in [6, 6.07) is 24.9. The predicted molar refractivity (Wildman–Crippen MR) is 148 cm³/mol. The van der Waals surface area contributed by atoms with Crippen molar-refractivity contribution in [3.05, 3.63) is 90.0 Å². The number of hydrogen-bond donors (Lipinski definition) is 1. The Balaban J connectivity index is 1.07. The summed E-state index contributed by atoms with van der Waals surface area (Å²) in [6.45, 7) is 3.36. The summed E-state index contributed by atoms with van der Waals surface area (Å²) in [5, 5.41) is 2.97. The highest BCUT2D eigenvalue weighted by Gasteiger charge is 2.24. The topological polar surface area (TPSA) is 71.1 Å². The van der Waals surface area contributed by atoms with E-state index in [1.54, 1.807) is 11.0 Å². The first-order chi connectivity index (χ1) is 18.6. The van der Waals surface area contributed by atoms with Gasteiger partial charge in [0.25, 0.3) is 5.91 Å². The van der Waals surface area contributed by atoms with Crippen LogP contribution in [0, 0.1) is 0 Å². The molecule has 2 heterocycles. The third kappa shape index (κ3) is 6.85. The lowest BCUT2D eigenvalue weighted by molar-refractivity contribution is 0.0724. The van der Waals surface area contributed by atoms with Crippen molar-refractivity contribution in [2.45, 2.75) is 44.8 Å². The Morgan fingerprint density at radius 1 is 0.763 bits per heavy atom. The van der Waals surface area contributed by atoms with Gasteiger partial charge >= 0.3 is 6.03 Å². The van der Waals surface area contributed by atoms with E-state index >= 15 is 0 Å². The third-order valence-electron chi connectivity index (χ3n) is 7.11. The summed E-state index contributed by atoms with van der Waals surface area (Å²) in [7, 11) is 0. The molecule has 0 aliphatic carbocycles. The third-order valence-corrected chi connectivity index (χ3v) is 7.11. The quantitative estimate of drug-likeness (QED) is 0.423. The summed E-state index contributed by atoms with van der Waals surface area (Å²) in [4.78, 5) is 29.4. The van der Waals surface area contributed by atoms with E-state index in [0.717, 1.165) is 55.8 Å². The van der Waals surface area contributed by atoms with Crippen LogP contribution >= 0.6 is 0 Å². The zero-order chi connectivity index (χ0) is 26.2. The minimum Gasteiger partial charge on any atom is -0.490 e. The SMILES string of the molecule is O=C(Nc1cccc(C(=O)N2CCCCC2)c1)N1CCC(Oc2ccc(OCc3ccccc3)cc2)CC1. The van der Waals surface area contributed by atoms with E-state index < -0.39 is 0 Å². The van der Waals surface area contributed by atoms with Crippen molar-refractivity contribution < 1.29 is 19.1 Å². The number of hydrogen-bond acceptors (Lipinski definition) is 4. The number of benzene rings is 3. The monoisotopic (exact) mass is 513 g/mol. The van der Waals surface area contributed by atoms with E-state index in [9.17, 15) is 9.59 Å². The molecule has 3 aromatic carbocycles. The number of ether oxygens (including phenoxy) is 2. The molecule has 2 aliphatic heterocycles. The minimum absolute atomic E-state index is 0.0366. The number of urea groups is 1. The van der Waals surface area contributed by atoms with Crippen LogP contribution in [0.1, 0.15) is 48.0 Å². The fraction of sp³-hybridized carbons (Fsp3) is 0.355. The van der Waals surface area contributed by atoms with Gasteiger partial charge in [-0.3, -0.25) is 4.79 Å². The number of nitrogens with zero attached hydrogens (tertiary/aromatic N) is 2. The first-order valence-corrected chi connectivity index (χ1v) is 13.5. The van der Waals surface area contributed by atoms with Crippen LogP contribution in [0.25, 0.3) is 0 Å². The summed E-state index contributed by atoms with van der Waals surface area (Å²) in [6.07, 6.45) is 4.85. The van der Waals surface area contributed by atoms with E-state index in [1.165, 1.54) is 6.42 Å². The van der Waals surface area contributed by atoms with Crippen molar-refractivity contribution in [1.29, 1.82) is 0 Å². The van der Waals surface area contributed by atoms with Crippen molar-refractivity contribution in [3.63, 3.8) is 0 Å². The first kappa shape index (κ1) is 25.6. The fourth-order valence-electron chi connectivity index (χ4n) is 4.94. The molecule has 3 amide bonds. The largest absolute Gasteiger partial charge is 0.490 e. The molecule has 5 rings (SSSR count). The standard InChI is InChI=1S/C31H35N3O4/c35-30(33-18-5-2-6-19-33)25-10-7-11-26(22-25)32-31(36)34-20-16-29(17-21-34)38-28-14-12-27(13-15-28)37-23-24-8-3-1-4-9-24/h1,3-4,7-15,22,29H,2,5-6,16-21,23H2,(H,32,36). The summed E-state index contributed by atoms with van der Waals surface area (Å²) >= 11 is 0. The van der Waals surface area contributed by atoms with Crippen LogP contribution < -0.4 is 14.8 Å². The molecule has 0 spiro atoms. The van der Waals surface area contributed by atoms with Gasteiger partial charge < -0.3 is 24.6 Å². The zero-order valence-corrected chi connectivity index (χ0v) is 21.7. The molecule has 0 aromatic heterocycles. The van der Waals surface area contributed by atoms with Crippen LogP contribution in [-0.4, -0.2) is 54.0 Å². The molecule has 2 aliphatic rings. The van der Waals surface area contributed by atoms with Crippen LogP contribution in [0.5, 0.6) is 11.5 Å². The van der Waals surface area contributed by atoms with E-state index in [0.29, 0.717) is 30.9 Å². The first-order valence-electron chi connectivity index (χ1n) is 13.5. The highest BCUT2D eigenvalue weighted by molar-refractivity contribution is 5.97. The number of carbonyl (C=O) groups is 2. The molecule has 0 saturated carbocycles. The van der Waals surface area contributed by atoms with E-state index in [4.69, 9.17) is 9.47 Å². The number of amides is 3. The highest BCUT2D eigenvalue weighted by Crippen LogP contribution is 2.23. The number of carbonyl (C=O) groups excluding carboxylic acids is 2. The van der Waals surface area contributed by atoms with Crippen LogP contribution in [-0.2, 0) is 6.61 Å². The maximum atomic E-state index is 12.9. The van der Waals surface area contributed by atoms with Gasteiger partial charge in [0.1, 0.15) is 24.2 Å². The van der Waals surface area contributed by atoms with Crippen molar-refractivity contribution in [2.24, 2.45) is 0 Å². The van der Waals surface area contributed by atoms with Gasteiger partial charge in [0.2, 0.25) is 0 Å². The maximum absolute atomic E-state index is 12.9. The Morgan fingerprint density at radius 3 is 2.21 bits per heavy atom. The zero-order valence-electron chi connectivity index (χ0n) is 21.7. The van der Waals surface area contributed by atoms with Crippen molar-refractivity contribution >= 4 is 17.6 Å². The number of nitrogens with one attached hydrogen (secondary N) is 1. The van der Waals surface area contributed by atoms with Gasteiger partial charge in [-0.2, -0.15) is 0 Å². The Labute approximate surface area is 224 Å². The summed E-state index contributed by atoms with van der Waals surface area (Å²) < 4.78 is 12.0. The van der Waals surface area contributed by atoms with Gasteiger partial charge in [-0.1, -0.05) is 36.4 Å². The maximum Gasteiger partial charge on any atom is 0.321 e. The molecule has 0 bridgehead atoms. The minimum atomic E-state index is -0.147. The van der Waals surface area contributed by atoms with Crippen LogP contribution in [0.2, 0.25) is 0 Å². The van der Waals surface area contributed by atoms with Crippen LogP contribution in [0.4, 0.5) is 10.5 Å². The Bertz CT molecular complexity index is 1200. The summed E-state index contributed by atoms with van der Waals surface area (Å²) in [5.41, 5.74) is 2.39. The molecule has 198 valence electrons. The number of piperidine rings is 2. The van der Waals surface area contributed by atoms with Gasteiger partial charge in [0, 0.05) is 50.3 Å². The molecule has 38 heavy (non-hydrogen) atoms. The van der Waals surface area contributed by atoms with Crippen molar-refractivity contribution in [3.8, 4) is 11.5 Å². The molecule has 7 heteroatoms. The van der Waals surface area contributed by atoms with Gasteiger partial charge in [0.05, 0.1) is 0 Å². The van der Waals surface area contributed by atoms with E-state index in [1.807, 2.05) is 77.7 Å². The van der Waals surface area contributed by atoms with Crippen molar-refractivity contribution in [2.75, 3.05) is 31.5 Å². The molecule has 0 radical (unpaired) electrons. The molecule has 2 saturated heterocycles. The lowest BCUT2D eigenvalue weighted by Crippen LogP contribution is -2.43. The smallest absolute Gasteiger partial charge is 0.321 e. The number of likely N-dealkylation sites (tertiary alicyclic amines) is 2. The Kier molecular flexibility index (Phi) is 8.43. The lowest BCUT2D eigenvalue weighted by Gasteiger charge is -2.32. The Hall–Kier alpha value is -4.00. The van der Waals surface area contributed by atoms with Crippen LogP contribution in [0.3, 0.4) is 0 Å². The second-order valence-corrected chi connectivity index (χ2v) is 9.91. The lowest BCUT2D eigenvalue weighted by atomic mass is 10.1. The average Bonchev–Trinajstić information content (AvgIpc) is 2.98. The van der Waals surface area contributed by atoms with Gasteiger partial charge in [-0.15, -0.1) is 0 Å². The van der Waals surface area contributed by atoms with E-state index in [-0.39, 0.29) is 18.0 Å². The summed E-state index contributed by atoms with van der Waals surface area (Å²) in [5.74, 6) is 1.64. The predicted octanol–water partition coefficient (Wildman–Crippen LogP) is 5.97. The molecule has 0 unspecified atom stereocenters. The van der Waals surface area contributed by atoms with Gasteiger partial charge in [-0.25, -0.2) is 4.79 Å². The second-order valence-electron chi connectivity index (χ2n) is 9.91. The van der Waals surface area contributed by atoms with Crippen molar-refractivity contribution in [1.82, 2.24) is 9.80 Å². The highest BCUT2D eigenvalue weighted by atomic mass is 16.5. The molecule has 0 atom stereocenters. The molecule has 7 nitrogen and oxygen atoms in total. The van der Waals surface area contributed by atoms with Gasteiger partial charge in [0.15, 0.2) is 0 Å². The number of rotatable bonds is 7. The second kappa shape index (κ2) is 12.5. The molecule has 2 fully saturated rings. The van der Waals surface area contributed by atoms with Crippen LogP contribution in [0.15, 0.2) is 78.9 Å². The number of anilines is 1. The molecular formula is C31H35N3O4. The average molecular weight is 514 g/mol. The molecule has 1 N–H and O–H groups in total.